The van der Waals surface area contributed by atoms with E-state index in [9.17, 15) is 0 Å². The van der Waals surface area contributed by atoms with Crippen molar-refractivity contribution in [1.29, 1.82) is 0 Å². The molecular weight excluding hydrogens is 336 g/mol. The van der Waals surface area contributed by atoms with E-state index in [-0.39, 0.29) is 0 Å². The number of unbranched alkanes of at least 4 members (excludes halogenated alkanes) is 6. The summed E-state index contributed by atoms with van der Waals surface area (Å²) in [6.07, 6.45) is 21.7. The molecule has 0 aromatic heterocycles. The summed E-state index contributed by atoms with van der Waals surface area (Å²) >= 11 is 0. The Morgan fingerprint density at radius 3 is 1.25 bits per heavy atom. The molecule has 2 aromatic carbocycles. The highest BCUT2D eigenvalue weighted by Gasteiger charge is 1.95. The first kappa shape index (κ1) is 22.2. The molecule has 0 bridgehead atoms. The third-order valence-electron chi connectivity index (χ3n) is 5.29. The Morgan fingerprint density at radius 2 is 0.893 bits per heavy atom. The second-order valence-electron chi connectivity index (χ2n) is 7.82. The second-order valence-corrected chi connectivity index (χ2v) is 7.82. The van der Waals surface area contributed by atoms with Gasteiger partial charge < -0.3 is 0 Å². The second kappa shape index (κ2) is 14.0. The minimum absolute atomic E-state index is 1.21. The maximum absolute atomic E-state index is 2.27. The lowest BCUT2D eigenvalue weighted by Crippen LogP contribution is -1.86. The Bertz CT molecular complexity index is 622. The Hall–Kier alpha value is -2.08. The minimum Gasteiger partial charge on any atom is -0.0654 e. The van der Waals surface area contributed by atoms with E-state index in [4.69, 9.17) is 0 Å². The third kappa shape index (κ3) is 9.22. The highest BCUT2D eigenvalue weighted by Crippen LogP contribution is 2.12. The van der Waals surface area contributed by atoms with E-state index in [0.29, 0.717) is 0 Å². The normalized spacial score (nSPS) is 11.6. The van der Waals surface area contributed by atoms with E-state index in [1.165, 1.54) is 86.5 Å². The van der Waals surface area contributed by atoms with Crippen LogP contribution in [0.4, 0.5) is 0 Å². The van der Waals surface area contributed by atoms with Gasteiger partial charge in [0, 0.05) is 0 Å². The van der Waals surface area contributed by atoms with Crippen molar-refractivity contribution in [3.05, 3.63) is 82.9 Å². The van der Waals surface area contributed by atoms with Gasteiger partial charge in [0.1, 0.15) is 0 Å². The predicted molar refractivity (Wildman–Crippen MR) is 127 cm³/mol. The predicted octanol–water partition coefficient (Wildman–Crippen LogP) is 8.66. The maximum Gasteiger partial charge on any atom is -0.0256 e. The van der Waals surface area contributed by atoms with Gasteiger partial charge in [0.05, 0.1) is 0 Å². The van der Waals surface area contributed by atoms with Crippen LogP contribution < -0.4 is 0 Å². The summed E-state index contributed by atoms with van der Waals surface area (Å²) in [5, 5.41) is 0. The molecule has 0 radical (unpaired) electrons. The van der Waals surface area contributed by atoms with Crippen LogP contribution in [-0.2, 0) is 12.8 Å². The number of hydrogen-bond acceptors (Lipinski definition) is 0. The summed E-state index contributed by atoms with van der Waals surface area (Å²) in [7, 11) is 0. The fourth-order valence-electron chi connectivity index (χ4n) is 3.44. The van der Waals surface area contributed by atoms with Gasteiger partial charge >= 0.3 is 0 Å². The zero-order chi connectivity index (χ0) is 19.9. The SMILES string of the molecule is CCCCCCc1ccc(/C=C/C=C/c2ccc(CCCCCC)cc2)cc1. The molecule has 0 unspecified atom stereocenters. The minimum atomic E-state index is 1.21. The van der Waals surface area contributed by atoms with Crippen molar-refractivity contribution in [3.8, 4) is 0 Å². The molecule has 0 saturated carbocycles. The van der Waals surface area contributed by atoms with Crippen LogP contribution in [0.1, 0.15) is 87.5 Å². The first-order chi connectivity index (χ1) is 13.8. The van der Waals surface area contributed by atoms with Gasteiger partial charge in [-0.1, -0.05) is 125 Å². The Labute approximate surface area is 173 Å². The topological polar surface area (TPSA) is 0 Å². The molecule has 28 heavy (non-hydrogen) atoms. The van der Waals surface area contributed by atoms with E-state index in [1.807, 2.05) is 0 Å². The van der Waals surface area contributed by atoms with E-state index >= 15 is 0 Å². The molecule has 0 aliphatic carbocycles. The van der Waals surface area contributed by atoms with Gasteiger partial charge in [-0.3, -0.25) is 0 Å². The molecule has 0 nitrogen and oxygen atoms in total. The van der Waals surface area contributed by atoms with Gasteiger partial charge in [-0.15, -0.1) is 0 Å². The quantitative estimate of drug-likeness (QED) is 0.243. The molecule has 0 spiro atoms. The highest BCUT2D eigenvalue weighted by atomic mass is 14.0. The zero-order valence-electron chi connectivity index (χ0n) is 18.0. The molecule has 2 rings (SSSR count). The number of benzene rings is 2. The van der Waals surface area contributed by atoms with Crippen molar-refractivity contribution in [2.75, 3.05) is 0 Å². The van der Waals surface area contributed by atoms with Gasteiger partial charge in [-0.2, -0.15) is 0 Å². The van der Waals surface area contributed by atoms with Gasteiger partial charge in [0.15, 0.2) is 0 Å². The molecule has 0 fully saturated rings. The van der Waals surface area contributed by atoms with E-state index in [0.717, 1.165) is 0 Å². The van der Waals surface area contributed by atoms with Crippen molar-refractivity contribution in [3.63, 3.8) is 0 Å². The summed E-state index contributed by atoms with van der Waals surface area (Å²) < 4.78 is 0. The average molecular weight is 375 g/mol. The van der Waals surface area contributed by atoms with Crippen LogP contribution in [0.3, 0.4) is 0 Å². The molecular formula is C28H38. The van der Waals surface area contributed by atoms with Crippen LogP contribution in [0.5, 0.6) is 0 Å². The van der Waals surface area contributed by atoms with Crippen molar-refractivity contribution >= 4 is 12.2 Å². The fraction of sp³-hybridized carbons (Fsp3) is 0.429. The fourth-order valence-corrected chi connectivity index (χ4v) is 3.44. The molecule has 0 aliphatic rings. The average Bonchev–Trinajstić information content (AvgIpc) is 2.74. The van der Waals surface area contributed by atoms with E-state index < -0.39 is 0 Å². The summed E-state index contributed by atoms with van der Waals surface area (Å²) in [6, 6.07) is 18.0. The number of allylic oxidation sites excluding steroid dienone is 2. The Balaban J connectivity index is 1.74. The van der Waals surface area contributed by atoms with Crippen LogP contribution in [-0.4, -0.2) is 0 Å². The maximum atomic E-state index is 2.27. The van der Waals surface area contributed by atoms with Gasteiger partial charge in [0.2, 0.25) is 0 Å². The van der Waals surface area contributed by atoms with E-state index in [2.05, 4.69) is 86.7 Å². The van der Waals surface area contributed by atoms with Crippen LogP contribution >= 0.6 is 0 Å². The van der Waals surface area contributed by atoms with Gasteiger partial charge in [-0.05, 0) is 47.9 Å². The molecule has 0 aliphatic heterocycles. The number of rotatable bonds is 13. The van der Waals surface area contributed by atoms with Crippen molar-refractivity contribution in [1.82, 2.24) is 0 Å². The molecule has 150 valence electrons. The lowest BCUT2D eigenvalue weighted by atomic mass is 10.0. The molecule has 0 saturated heterocycles. The molecule has 0 heterocycles. The third-order valence-corrected chi connectivity index (χ3v) is 5.29. The van der Waals surface area contributed by atoms with Crippen molar-refractivity contribution in [2.45, 2.75) is 78.1 Å². The van der Waals surface area contributed by atoms with Crippen LogP contribution in [0, 0.1) is 0 Å². The summed E-state index contributed by atoms with van der Waals surface area (Å²) in [5.41, 5.74) is 5.45. The van der Waals surface area contributed by atoms with Crippen LogP contribution in [0.15, 0.2) is 60.7 Å². The standard InChI is InChI=1S/C28H38/c1-3-5-7-9-13-25-17-21-27(22-18-25)15-11-12-16-28-23-19-26(20-24-28)14-10-8-6-4-2/h11-12,15-24H,3-10,13-14H2,1-2H3/b15-11+,16-12+. The summed E-state index contributed by atoms with van der Waals surface area (Å²) in [4.78, 5) is 0. The van der Waals surface area contributed by atoms with Gasteiger partial charge in [-0.25, -0.2) is 0 Å². The first-order valence-corrected chi connectivity index (χ1v) is 11.3. The molecule has 2 aromatic rings. The summed E-state index contributed by atoms with van der Waals surface area (Å²) in [6.45, 7) is 4.53. The first-order valence-electron chi connectivity index (χ1n) is 11.3. The molecule has 0 N–H and O–H groups in total. The smallest absolute Gasteiger partial charge is 0.0256 e. The number of aryl methyl sites for hydroxylation is 2. The van der Waals surface area contributed by atoms with Crippen molar-refractivity contribution < 1.29 is 0 Å². The monoisotopic (exact) mass is 374 g/mol. The number of hydrogen-bond donors (Lipinski definition) is 0. The molecule has 0 heteroatoms. The van der Waals surface area contributed by atoms with Crippen LogP contribution in [0.25, 0.3) is 12.2 Å². The summed E-state index contributed by atoms with van der Waals surface area (Å²) in [5.74, 6) is 0. The van der Waals surface area contributed by atoms with Crippen LogP contribution in [0.2, 0.25) is 0 Å². The Kier molecular flexibility index (Phi) is 11.1. The molecule has 0 atom stereocenters. The highest BCUT2D eigenvalue weighted by molar-refractivity contribution is 5.57. The largest absolute Gasteiger partial charge is 0.0654 e. The molecule has 0 amide bonds. The lowest BCUT2D eigenvalue weighted by Gasteiger charge is -2.02. The zero-order valence-corrected chi connectivity index (χ0v) is 18.0. The lowest BCUT2D eigenvalue weighted by molar-refractivity contribution is 0.667. The van der Waals surface area contributed by atoms with Gasteiger partial charge in [0.25, 0.3) is 0 Å². The Morgan fingerprint density at radius 1 is 0.500 bits per heavy atom. The van der Waals surface area contributed by atoms with E-state index in [1.54, 1.807) is 0 Å². The van der Waals surface area contributed by atoms with Crippen molar-refractivity contribution in [2.24, 2.45) is 0 Å².